The quantitative estimate of drug-likeness (QED) is 0.147. The third-order valence-corrected chi connectivity index (χ3v) is 10.8. The average molecular weight is 679 g/mol. The van der Waals surface area contributed by atoms with Gasteiger partial charge in [0.25, 0.3) is 0 Å². The summed E-state index contributed by atoms with van der Waals surface area (Å²) in [4.78, 5) is 65.4. The van der Waals surface area contributed by atoms with Crippen molar-refractivity contribution in [2.75, 3.05) is 0 Å². The Bertz CT molecular complexity index is 1230. The maximum absolute atomic E-state index is 13.3. The molecule has 0 spiro atoms. The maximum Gasteiger partial charge on any atom is 0.306 e. The lowest BCUT2D eigenvalue weighted by Crippen LogP contribution is -2.63. The molecule has 0 radical (unpaired) electrons. The molecule has 3 aliphatic carbocycles. The molecule has 0 aliphatic heterocycles. The fourth-order valence-electron chi connectivity index (χ4n) is 8.62. The van der Waals surface area contributed by atoms with Crippen LogP contribution in [0.25, 0.3) is 0 Å². The lowest BCUT2D eigenvalue weighted by atomic mass is 9.49. The third kappa shape index (κ3) is 7.76. The van der Waals surface area contributed by atoms with Gasteiger partial charge in [0.2, 0.25) is 0 Å². The van der Waals surface area contributed by atoms with Crippen molar-refractivity contribution in [3.05, 3.63) is 11.6 Å². The molecular weight excluding hydrogens is 620 g/mol. The van der Waals surface area contributed by atoms with E-state index in [0.717, 1.165) is 0 Å². The summed E-state index contributed by atoms with van der Waals surface area (Å²) in [6, 6.07) is 0. The molecule has 0 saturated heterocycles. The highest BCUT2D eigenvalue weighted by atomic mass is 16.6. The van der Waals surface area contributed by atoms with Crippen LogP contribution in [-0.4, -0.2) is 71.6 Å². The van der Waals surface area contributed by atoms with E-state index >= 15 is 0 Å². The number of hydrogen-bond acceptors (Lipinski definition) is 11. The molecule has 0 aromatic heterocycles. The summed E-state index contributed by atoms with van der Waals surface area (Å²) >= 11 is 0. The molecule has 48 heavy (non-hydrogen) atoms. The largest absolute Gasteiger partial charge is 0.462 e. The van der Waals surface area contributed by atoms with Gasteiger partial charge in [-0.15, -0.1) is 0 Å². The van der Waals surface area contributed by atoms with E-state index in [9.17, 15) is 29.1 Å². The van der Waals surface area contributed by atoms with E-state index in [1.807, 2.05) is 54.5 Å². The van der Waals surface area contributed by atoms with Crippen LogP contribution in [0.1, 0.15) is 121 Å². The summed E-state index contributed by atoms with van der Waals surface area (Å²) in [5.74, 6) is -3.94. The van der Waals surface area contributed by atoms with Crippen molar-refractivity contribution in [1.82, 2.24) is 0 Å². The lowest BCUT2D eigenvalue weighted by Gasteiger charge is -2.58. The molecule has 272 valence electrons. The molecule has 3 aliphatic rings. The van der Waals surface area contributed by atoms with Crippen LogP contribution in [0.4, 0.5) is 0 Å². The number of carbonyl (C=O) groups excluding carboxylic acids is 5. The van der Waals surface area contributed by atoms with Crippen LogP contribution >= 0.6 is 0 Å². The Morgan fingerprint density at radius 2 is 1.29 bits per heavy atom. The van der Waals surface area contributed by atoms with Crippen LogP contribution < -0.4 is 0 Å². The summed E-state index contributed by atoms with van der Waals surface area (Å²) in [5.41, 5.74) is -1.60. The SMILES string of the molecule is CCCC(=O)O[C@@H]1[C@H](C(C)C)[C@@H]2[C@H]3C=C(C)[C@H](O)[C@H](OC(=O)CC)[C@@H](OC(=O)CCC)[C@]3(C)C[C@H](OC(C)=O)[C@]2(C)[C@H]1OC(=O)CCC. The number of aliphatic hydroxyl groups is 1. The van der Waals surface area contributed by atoms with E-state index < -0.39 is 95.1 Å². The number of aliphatic hydroxyl groups excluding tert-OH is 1. The number of allylic oxidation sites excluding steroid dienone is 1. The Hall–Kier alpha value is -2.95. The topological polar surface area (TPSA) is 152 Å². The van der Waals surface area contributed by atoms with Crippen molar-refractivity contribution in [2.24, 2.45) is 34.5 Å². The van der Waals surface area contributed by atoms with E-state index in [2.05, 4.69) is 0 Å². The molecule has 11 nitrogen and oxygen atoms in total. The summed E-state index contributed by atoms with van der Waals surface area (Å²) in [5, 5.41) is 11.7. The van der Waals surface area contributed by atoms with Crippen LogP contribution in [0.15, 0.2) is 11.6 Å². The zero-order valence-corrected chi connectivity index (χ0v) is 30.5. The molecule has 11 atom stereocenters. The van der Waals surface area contributed by atoms with Gasteiger partial charge < -0.3 is 28.8 Å². The van der Waals surface area contributed by atoms with Crippen molar-refractivity contribution >= 4 is 29.8 Å². The lowest BCUT2D eigenvalue weighted by molar-refractivity contribution is -0.226. The predicted octanol–water partition coefficient (Wildman–Crippen LogP) is 5.63. The molecule has 2 saturated carbocycles. The minimum absolute atomic E-state index is 0.0452. The van der Waals surface area contributed by atoms with E-state index in [1.54, 1.807) is 13.8 Å². The number of hydrogen-bond donors (Lipinski definition) is 1. The van der Waals surface area contributed by atoms with Crippen molar-refractivity contribution in [2.45, 2.75) is 157 Å². The fraction of sp³-hybridized carbons (Fsp3) is 0.811. The molecule has 0 aromatic carbocycles. The van der Waals surface area contributed by atoms with Gasteiger partial charge >= 0.3 is 29.8 Å². The molecule has 0 heterocycles. The average Bonchev–Trinajstić information content (AvgIpc) is 3.20. The second kappa shape index (κ2) is 16.2. The van der Waals surface area contributed by atoms with Gasteiger partial charge in [0.15, 0.2) is 6.10 Å². The molecule has 2 fully saturated rings. The Morgan fingerprint density at radius 1 is 0.792 bits per heavy atom. The zero-order valence-electron chi connectivity index (χ0n) is 30.5. The molecule has 1 N–H and O–H groups in total. The molecule has 11 heteroatoms. The first-order valence-electron chi connectivity index (χ1n) is 17.8. The van der Waals surface area contributed by atoms with E-state index in [0.29, 0.717) is 24.8 Å². The molecule has 0 aromatic rings. The molecule has 0 bridgehead atoms. The molecular formula is C37H58O11. The van der Waals surface area contributed by atoms with Gasteiger partial charge in [0.05, 0.1) is 0 Å². The molecule has 3 rings (SSSR count). The van der Waals surface area contributed by atoms with Gasteiger partial charge in [-0.25, -0.2) is 0 Å². The van der Waals surface area contributed by atoms with Crippen LogP contribution in [0.5, 0.6) is 0 Å². The van der Waals surface area contributed by atoms with Crippen LogP contribution in [0, 0.1) is 34.5 Å². The standard InChI is InChI=1S/C37H58O11/c1-11-15-26(40)46-32-29(20(5)6)30-23-18-21(7)31(43)33(45-25(39)14-4)34(47-27(41)16-12-2)36(23,9)19-24(44-22(8)38)37(30,10)35(32)48-28(42)17-13-3/h18,20,23-24,29-35,43H,11-17,19H2,1-10H3/t23-,24+,29-,30+,31+,32-,33+,34-,35+,36-,37+/m1/s1. The summed E-state index contributed by atoms with van der Waals surface area (Å²) in [6.45, 7) is 18.2. The summed E-state index contributed by atoms with van der Waals surface area (Å²) in [6.07, 6.45) is -2.17. The Kier molecular flexibility index (Phi) is 13.3. The minimum Gasteiger partial charge on any atom is -0.462 e. The van der Waals surface area contributed by atoms with Gasteiger partial charge in [0, 0.05) is 49.4 Å². The van der Waals surface area contributed by atoms with Gasteiger partial charge in [-0.1, -0.05) is 61.5 Å². The molecule has 0 unspecified atom stereocenters. The first-order chi connectivity index (χ1) is 22.5. The Labute approximate surface area is 285 Å². The van der Waals surface area contributed by atoms with Crippen molar-refractivity contribution in [1.29, 1.82) is 0 Å². The van der Waals surface area contributed by atoms with Crippen LogP contribution in [0.3, 0.4) is 0 Å². The highest BCUT2D eigenvalue weighted by Gasteiger charge is 2.74. The van der Waals surface area contributed by atoms with Gasteiger partial charge in [0.1, 0.15) is 30.5 Å². The first-order valence-corrected chi connectivity index (χ1v) is 17.8. The number of esters is 5. The molecule has 0 amide bonds. The van der Waals surface area contributed by atoms with Crippen molar-refractivity contribution in [3.8, 4) is 0 Å². The van der Waals surface area contributed by atoms with Crippen LogP contribution in [0.2, 0.25) is 0 Å². The normalized spacial score (nSPS) is 35.8. The summed E-state index contributed by atoms with van der Waals surface area (Å²) < 4.78 is 30.8. The second-order valence-corrected chi connectivity index (χ2v) is 14.7. The van der Waals surface area contributed by atoms with Gasteiger partial charge in [-0.05, 0) is 55.9 Å². The van der Waals surface area contributed by atoms with Crippen molar-refractivity contribution < 1.29 is 52.8 Å². The van der Waals surface area contributed by atoms with Gasteiger partial charge in [-0.3, -0.25) is 24.0 Å². The smallest absolute Gasteiger partial charge is 0.306 e. The minimum atomic E-state index is -1.30. The monoisotopic (exact) mass is 678 g/mol. The predicted molar refractivity (Wildman–Crippen MR) is 176 cm³/mol. The van der Waals surface area contributed by atoms with Gasteiger partial charge in [-0.2, -0.15) is 0 Å². The van der Waals surface area contributed by atoms with Crippen molar-refractivity contribution in [3.63, 3.8) is 0 Å². The maximum atomic E-state index is 13.3. The first kappa shape index (κ1) is 39.5. The number of carbonyl (C=O) groups is 5. The second-order valence-electron chi connectivity index (χ2n) is 14.7. The van der Waals surface area contributed by atoms with E-state index in [1.165, 1.54) is 6.92 Å². The Balaban J connectivity index is 2.39. The fourth-order valence-corrected chi connectivity index (χ4v) is 8.62. The third-order valence-electron chi connectivity index (χ3n) is 10.8. The van der Waals surface area contributed by atoms with E-state index in [-0.39, 0.29) is 38.0 Å². The highest BCUT2D eigenvalue weighted by molar-refractivity contribution is 5.72. The number of ether oxygens (including phenoxy) is 5. The summed E-state index contributed by atoms with van der Waals surface area (Å²) in [7, 11) is 0. The highest BCUT2D eigenvalue weighted by Crippen LogP contribution is 2.67. The van der Waals surface area contributed by atoms with E-state index in [4.69, 9.17) is 23.7 Å². The zero-order chi connectivity index (χ0) is 36.1. The number of rotatable bonds is 13. The van der Waals surface area contributed by atoms with Crippen LogP contribution in [-0.2, 0) is 47.7 Å². The Morgan fingerprint density at radius 3 is 1.77 bits per heavy atom. The number of fused-ring (bicyclic) bond motifs is 3.